The smallest absolute Gasteiger partial charge is 0.306 e. The Labute approximate surface area is 119 Å². The molecule has 0 radical (unpaired) electrons. The molecule has 0 amide bonds. The van der Waals surface area contributed by atoms with Gasteiger partial charge in [0.2, 0.25) is 5.82 Å². The van der Waals surface area contributed by atoms with Crippen LogP contribution in [-0.2, 0) is 0 Å². The molecule has 0 aliphatic rings. The van der Waals surface area contributed by atoms with Gasteiger partial charge in [-0.05, 0) is 24.3 Å². The highest BCUT2D eigenvalue weighted by molar-refractivity contribution is 5.51. The largest absolute Gasteiger partial charge is 0.489 e. The Hall–Kier alpha value is -2.70. The number of nitro groups is 1. The number of nitro benzene ring substituents is 1. The number of para-hydroxylation sites is 1. The van der Waals surface area contributed by atoms with Gasteiger partial charge >= 0.3 is 5.69 Å². The fourth-order valence-corrected chi connectivity index (χ4v) is 1.68. The highest BCUT2D eigenvalue weighted by Crippen LogP contribution is 2.21. The Morgan fingerprint density at radius 1 is 1.14 bits per heavy atom. The van der Waals surface area contributed by atoms with E-state index in [0.717, 1.165) is 12.1 Å². The highest BCUT2D eigenvalue weighted by atomic mass is 19.1. The van der Waals surface area contributed by atoms with Gasteiger partial charge in [0, 0.05) is 18.3 Å². The topological polar surface area (TPSA) is 64.4 Å². The summed E-state index contributed by atoms with van der Waals surface area (Å²) in [6, 6.07) is 9.47. The minimum atomic E-state index is -0.895. The standard InChI is InChI=1S/C14H12F2N2O3/c15-11-6-5-10(9-13(11)18(19)20)17-7-8-21-14-4-2-1-3-12(14)16/h1-6,9,17H,7-8H2. The van der Waals surface area contributed by atoms with E-state index in [1.54, 1.807) is 12.1 Å². The van der Waals surface area contributed by atoms with Crippen molar-refractivity contribution in [2.75, 3.05) is 18.5 Å². The Bertz CT molecular complexity index is 650. The van der Waals surface area contributed by atoms with E-state index in [2.05, 4.69) is 5.32 Å². The first-order valence-electron chi connectivity index (χ1n) is 6.13. The first kappa shape index (κ1) is 14.7. The van der Waals surface area contributed by atoms with Gasteiger partial charge in [0.25, 0.3) is 0 Å². The summed E-state index contributed by atoms with van der Waals surface area (Å²) in [5, 5.41) is 13.4. The Balaban J connectivity index is 1.88. The Morgan fingerprint density at radius 2 is 1.90 bits per heavy atom. The van der Waals surface area contributed by atoms with Gasteiger partial charge in [0.15, 0.2) is 11.6 Å². The quantitative estimate of drug-likeness (QED) is 0.504. The second-order valence-corrected chi connectivity index (χ2v) is 4.13. The van der Waals surface area contributed by atoms with Crippen molar-refractivity contribution in [2.45, 2.75) is 0 Å². The fourth-order valence-electron chi connectivity index (χ4n) is 1.68. The van der Waals surface area contributed by atoms with E-state index < -0.39 is 22.2 Å². The second-order valence-electron chi connectivity index (χ2n) is 4.13. The molecule has 2 aromatic rings. The second kappa shape index (κ2) is 6.65. The third-order valence-corrected chi connectivity index (χ3v) is 2.67. The number of anilines is 1. The highest BCUT2D eigenvalue weighted by Gasteiger charge is 2.13. The first-order valence-corrected chi connectivity index (χ1v) is 6.13. The van der Waals surface area contributed by atoms with Crippen molar-refractivity contribution in [3.63, 3.8) is 0 Å². The molecule has 7 heteroatoms. The summed E-state index contributed by atoms with van der Waals surface area (Å²) in [7, 11) is 0. The molecule has 0 saturated carbocycles. The zero-order valence-corrected chi connectivity index (χ0v) is 10.9. The lowest BCUT2D eigenvalue weighted by Gasteiger charge is -2.09. The normalized spacial score (nSPS) is 10.2. The first-order chi connectivity index (χ1) is 10.1. The number of nitrogens with zero attached hydrogens (tertiary/aromatic N) is 1. The molecule has 0 aromatic heterocycles. The lowest BCUT2D eigenvalue weighted by atomic mass is 10.2. The van der Waals surface area contributed by atoms with Crippen LogP contribution in [0.25, 0.3) is 0 Å². The third-order valence-electron chi connectivity index (χ3n) is 2.67. The van der Waals surface area contributed by atoms with Crippen LogP contribution >= 0.6 is 0 Å². The summed E-state index contributed by atoms with van der Waals surface area (Å²) in [5.74, 6) is -1.23. The van der Waals surface area contributed by atoms with Gasteiger partial charge in [-0.15, -0.1) is 0 Å². The van der Waals surface area contributed by atoms with Crippen LogP contribution in [0.5, 0.6) is 5.75 Å². The van der Waals surface area contributed by atoms with Crippen LogP contribution < -0.4 is 10.1 Å². The zero-order chi connectivity index (χ0) is 15.2. The van der Waals surface area contributed by atoms with Crippen molar-refractivity contribution in [3.05, 3.63) is 64.2 Å². The molecular formula is C14H12F2N2O3. The molecule has 2 aromatic carbocycles. The number of nitrogens with one attached hydrogen (secondary N) is 1. The van der Waals surface area contributed by atoms with Gasteiger partial charge < -0.3 is 10.1 Å². The summed E-state index contributed by atoms with van der Waals surface area (Å²) >= 11 is 0. The van der Waals surface area contributed by atoms with Crippen molar-refractivity contribution in [1.29, 1.82) is 0 Å². The maximum absolute atomic E-state index is 13.3. The molecular weight excluding hydrogens is 282 g/mol. The van der Waals surface area contributed by atoms with Crippen molar-refractivity contribution in [1.82, 2.24) is 0 Å². The molecule has 0 fully saturated rings. The molecule has 0 unspecified atom stereocenters. The average Bonchev–Trinajstić information content (AvgIpc) is 2.46. The molecule has 0 bridgehead atoms. The Kier molecular flexibility index (Phi) is 4.65. The lowest BCUT2D eigenvalue weighted by Crippen LogP contribution is -2.12. The number of benzene rings is 2. The lowest BCUT2D eigenvalue weighted by molar-refractivity contribution is -0.387. The van der Waals surface area contributed by atoms with Crippen molar-refractivity contribution >= 4 is 11.4 Å². The average molecular weight is 294 g/mol. The van der Waals surface area contributed by atoms with E-state index in [9.17, 15) is 18.9 Å². The molecule has 1 N–H and O–H groups in total. The van der Waals surface area contributed by atoms with Gasteiger partial charge in [-0.2, -0.15) is 4.39 Å². The number of hydrogen-bond acceptors (Lipinski definition) is 4. The summed E-state index contributed by atoms with van der Waals surface area (Å²) < 4.78 is 31.6. The summed E-state index contributed by atoms with van der Waals surface area (Å²) in [4.78, 5) is 9.80. The van der Waals surface area contributed by atoms with Crippen LogP contribution in [0.2, 0.25) is 0 Å². The maximum Gasteiger partial charge on any atom is 0.306 e. The van der Waals surface area contributed by atoms with Gasteiger partial charge in [0.1, 0.15) is 6.61 Å². The maximum atomic E-state index is 13.3. The van der Waals surface area contributed by atoms with Crippen LogP contribution in [0.4, 0.5) is 20.2 Å². The number of halogens is 2. The molecule has 110 valence electrons. The van der Waals surface area contributed by atoms with E-state index in [1.165, 1.54) is 18.2 Å². The predicted octanol–water partition coefficient (Wildman–Crippen LogP) is 3.36. The minimum Gasteiger partial charge on any atom is -0.489 e. The van der Waals surface area contributed by atoms with E-state index in [-0.39, 0.29) is 18.9 Å². The zero-order valence-electron chi connectivity index (χ0n) is 10.9. The SMILES string of the molecule is O=[N+]([O-])c1cc(NCCOc2ccccc2F)ccc1F. The van der Waals surface area contributed by atoms with Gasteiger partial charge in [-0.25, -0.2) is 4.39 Å². The minimum absolute atomic E-state index is 0.129. The van der Waals surface area contributed by atoms with Crippen molar-refractivity contribution < 1.29 is 18.4 Å². The molecule has 0 atom stereocenters. The van der Waals surface area contributed by atoms with Crippen molar-refractivity contribution in [3.8, 4) is 5.75 Å². The van der Waals surface area contributed by atoms with Crippen LogP contribution in [0.3, 0.4) is 0 Å². The number of ether oxygens (including phenoxy) is 1. The summed E-state index contributed by atoms with van der Waals surface area (Å²) in [5.41, 5.74) is -0.213. The Morgan fingerprint density at radius 3 is 2.62 bits per heavy atom. The molecule has 0 aliphatic carbocycles. The van der Waals surface area contributed by atoms with Crippen LogP contribution in [0, 0.1) is 21.7 Å². The number of hydrogen-bond donors (Lipinski definition) is 1. The fraction of sp³-hybridized carbons (Fsp3) is 0.143. The van der Waals surface area contributed by atoms with E-state index in [0.29, 0.717) is 5.69 Å². The van der Waals surface area contributed by atoms with Crippen LogP contribution in [0.15, 0.2) is 42.5 Å². The van der Waals surface area contributed by atoms with E-state index >= 15 is 0 Å². The van der Waals surface area contributed by atoms with Crippen molar-refractivity contribution in [2.24, 2.45) is 0 Å². The molecule has 0 spiro atoms. The summed E-state index contributed by atoms with van der Waals surface area (Å²) in [6.45, 7) is 0.448. The molecule has 0 heterocycles. The predicted molar refractivity (Wildman–Crippen MR) is 73.4 cm³/mol. The molecule has 5 nitrogen and oxygen atoms in total. The molecule has 0 aliphatic heterocycles. The van der Waals surface area contributed by atoms with Crippen LogP contribution in [0.1, 0.15) is 0 Å². The monoisotopic (exact) mass is 294 g/mol. The van der Waals surface area contributed by atoms with Crippen LogP contribution in [-0.4, -0.2) is 18.1 Å². The van der Waals surface area contributed by atoms with E-state index in [1.807, 2.05) is 0 Å². The number of rotatable bonds is 6. The van der Waals surface area contributed by atoms with Gasteiger partial charge in [-0.3, -0.25) is 10.1 Å². The van der Waals surface area contributed by atoms with Gasteiger partial charge in [0.05, 0.1) is 4.92 Å². The van der Waals surface area contributed by atoms with Gasteiger partial charge in [-0.1, -0.05) is 12.1 Å². The third kappa shape index (κ3) is 3.88. The summed E-state index contributed by atoms with van der Waals surface area (Å²) in [6.07, 6.45) is 0. The molecule has 2 rings (SSSR count). The molecule has 0 saturated heterocycles. The van der Waals surface area contributed by atoms with E-state index in [4.69, 9.17) is 4.74 Å². The molecule has 21 heavy (non-hydrogen) atoms.